The highest BCUT2D eigenvalue weighted by atomic mass is 32.1. The van der Waals surface area contributed by atoms with Gasteiger partial charge in [0.1, 0.15) is 0 Å². The second-order valence-corrected chi connectivity index (χ2v) is 4.62. The first-order chi connectivity index (χ1) is 9.58. The van der Waals surface area contributed by atoms with E-state index in [0.29, 0.717) is 15.8 Å². The Kier molecular flexibility index (Phi) is 3.91. The molecule has 1 unspecified atom stereocenters. The molecule has 0 bridgehead atoms. The third-order valence-corrected chi connectivity index (χ3v) is 3.55. The number of carbonyl (C=O) groups excluding carboxylic acids is 1. The first-order valence-corrected chi connectivity index (χ1v) is 6.45. The van der Waals surface area contributed by atoms with E-state index in [-0.39, 0.29) is 12.3 Å². The summed E-state index contributed by atoms with van der Waals surface area (Å²) < 4.78 is 8.92. The van der Waals surface area contributed by atoms with E-state index in [0.717, 1.165) is 11.5 Å². The highest BCUT2D eigenvalue weighted by Crippen LogP contribution is 2.32. The highest BCUT2D eigenvalue weighted by molar-refractivity contribution is 7.07. The van der Waals surface area contributed by atoms with Crippen LogP contribution in [0, 0.1) is 21.4 Å². The van der Waals surface area contributed by atoms with Crippen molar-refractivity contribution in [3.8, 4) is 6.07 Å². The van der Waals surface area contributed by atoms with Gasteiger partial charge in [-0.25, -0.2) is 0 Å². The lowest BCUT2D eigenvalue weighted by Gasteiger charge is -2.06. The fraction of sp³-hybridized carbons (Fsp3) is 0.250. The van der Waals surface area contributed by atoms with E-state index in [1.807, 2.05) is 6.07 Å². The summed E-state index contributed by atoms with van der Waals surface area (Å²) in [4.78, 5) is 22.4. The number of non-ortho nitro benzene ring substituents is 1. The fourth-order valence-electron chi connectivity index (χ4n) is 1.71. The summed E-state index contributed by atoms with van der Waals surface area (Å²) in [5.41, 5.74) is 0.402. The molecule has 0 saturated carbocycles. The van der Waals surface area contributed by atoms with Crippen molar-refractivity contribution < 1.29 is 14.5 Å². The van der Waals surface area contributed by atoms with Crippen molar-refractivity contribution in [1.82, 2.24) is 4.37 Å². The molecule has 1 aromatic carbocycles. The van der Waals surface area contributed by atoms with Crippen molar-refractivity contribution in [3.63, 3.8) is 0 Å². The van der Waals surface area contributed by atoms with Crippen molar-refractivity contribution in [1.29, 1.82) is 5.26 Å². The Balaban J connectivity index is 2.53. The van der Waals surface area contributed by atoms with Crippen molar-refractivity contribution >= 4 is 34.1 Å². The number of fused-ring (bicyclic) bond motifs is 1. The molecule has 0 fully saturated rings. The van der Waals surface area contributed by atoms with Gasteiger partial charge in [0.2, 0.25) is 0 Å². The second kappa shape index (κ2) is 5.63. The van der Waals surface area contributed by atoms with Gasteiger partial charge in [0.15, 0.2) is 5.92 Å². The molecular weight excluding hydrogens is 282 g/mol. The zero-order valence-electron chi connectivity index (χ0n) is 10.4. The lowest BCUT2D eigenvalue weighted by Crippen LogP contribution is -2.13. The molecule has 2 rings (SSSR count). The molecular formula is C12H9N3O4S. The largest absolute Gasteiger partial charge is 0.465 e. The van der Waals surface area contributed by atoms with Gasteiger partial charge in [-0.1, -0.05) is 0 Å². The van der Waals surface area contributed by atoms with Crippen LogP contribution >= 0.6 is 11.5 Å². The maximum Gasteiger partial charge on any atom is 0.328 e. The van der Waals surface area contributed by atoms with Crippen LogP contribution in [0.1, 0.15) is 17.7 Å². The minimum Gasteiger partial charge on any atom is -0.465 e. The minimum atomic E-state index is -1.12. The van der Waals surface area contributed by atoms with E-state index in [1.165, 1.54) is 18.2 Å². The van der Waals surface area contributed by atoms with E-state index in [9.17, 15) is 14.9 Å². The van der Waals surface area contributed by atoms with Gasteiger partial charge >= 0.3 is 5.97 Å². The van der Waals surface area contributed by atoms with Crippen LogP contribution in [0.15, 0.2) is 18.2 Å². The van der Waals surface area contributed by atoms with Crippen LogP contribution in [-0.4, -0.2) is 21.9 Å². The molecule has 0 saturated heterocycles. The molecule has 1 atom stereocenters. The number of hydrogen-bond donors (Lipinski definition) is 0. The summed E-state index contributed by atoms with van der Waals surface area (Å²) in [6.45, 7) is 1.80. The van der Waals surface area contributed by atoms with Crippen LogP contribution in [0.3, 0.4) is 0 Å². The second-order valence-electron chi connectivity index (χ2n) is 3.82. The predicted molar refractivity (Wildman–Crippen MR) is 71.3 cm³/mol. The normalized spacial score (nSPS) is 11.8. The monoisotopic (exact) mass is 291 g/mol. The topological polar surface area (TPSA) is 106 Å². The lowest BCUT2D eigenvalue weighted by atomic mass is 10.1. The van der Waals surface area contributed by atoms with Gasteiger partial charge in [-0.05, 0) is 24.5 Å². The Labute approximate surface area is 117 Å². The Morgan fingerprint density at radius 3 is 3.00 bits per heavy atom. The van der Waals surface area contributed by atoms with Crippen LogP contribution < -0.4 is 0 Å². The van der Waals surface area contributed by atoms with Crippen LogP contribution in [0.2, 0.25) is 0 Å². The zero-order chi connectivity index (χ0) is 14.7. The van der Waals surface area contributed by atoms with Crippen LogP contribution in [0.25, 0.3) is 10.9 Å². The quantitative estimate of drug-likeness (QED) is 0.486. The summed E-state index contributed by atoms with van der Waals surface area (Å²) in [5, 5.41) is 20.3. The number of benzene rings is 1. The van der Waals surface area contributed by atoms with Crippen LogP contribution in [-0.2, 0) is 9.53 Å². The molecule has 0 radical (unpaired) electrons. The highest BCUT2D eigenvalue weighted by Gasteiger charge is 2.27. The van der Waals surface area contributed by atoms with Crippen molar-refractivity contribution in [3.05, 3.63) is 33.2 Å². The molecule has 1 heterocycles. The SMILES string of the molecule is CCOC(=O)C(C#N)c1snc2ccc([N+](=O)[O-])cc12. The van der Waals surface area contributed by atoms with Gasteiger partial charge in [0, 0.05) is 17.5 Å². The van der Waals surface area contributed by atoms with Crippen LogP contribution in [0.4, 0.5) is 5.69 Å². The number of nitriles is 1. The van der Waals surface area contributed by atoms with Gasteiger partial charge in [0.05, 0.1) is 28.0 Å². The number of rotatable bonds is 4. The molecule has 0 aliphatic rings. The average Bonchev–Trinajstić information content (AvgIpc) is 2.83. The lowest BCUT2D eigenvalue weighted by molar-refractivity contribution is -0.384. The first kappa shape index (κ1) is 13.9. The summed E-state index contributed by atoms with van der Waals surface area (Å²) >= 11 is 0.974. The number of esters is 1. The van der Waals surface area contributed by atoms with E-state index < -0.39 is 16.8 Å². The van der Waals surface area contributed by atoms with Crippen molar-refractivity contribution in [2.75, 3.05) is 6.61 Å². The third-order valence-electron chi connectivity index (χ3n) is 2.61. The van der Waals surface area contributed by atoms with Gasteiger partial charge in [-0.3, -0.25) is 14.9 Å². The van der Waals surface area contributed by atoms with E-state index in [4.69, 9.17) is 10.00 Å². The van der Waals surface area contributed by atoms with Gasteiger partial charge < -0.3 is 4.74 Å². The Morgan fingerprint density at radius 1 is 1.65 bits per heavy atom. The van der Waals surface area contributed by atoms with Crippen molar-refractivity contribution in [2.45, 2.75) is 12.8 Å². The molecule has 1 aromatic heterocycles. The van der Waals surface area contributed by atoms with Crippen LogP contribution in [0.5, 0.6) is 0 Å². The number of ether oxygens (including phenoxy) is 1. The number of hydrogen-bond acceptors (Lipinski definition) is 7. The third kappa shape index (κ3) is 2.44. The Morgan fingerprint density at radius 2 is 2.40 bits per heavy atom. The first-order valence-electron chi connectivity index (χ1n) is 5.68. The smallest absolute Gasteiger partial charge is 0.328 e. The van der Waals surface area contributed by atoms with Gasteiger partial charge in [-0.2, -0.15) is 9.64 Å². The molecule has 0 aliphatic heterocycles. The summed E-state index contributed by atoms with van der Waals surface area (Å²) in [6, 6.07) is 6.00. The van der Waals surface area contributed by atoms with Crippen molar-refractivity contribution in [2.24, 2.45) is 0 Å². The predicted octanol–water partition coefficient (Wildman–Crippen LogP) is 2.37. The number of aromatic nitrogens is 1. The summed E-state index contributed by atoms with van der Waals surface area (Å²) in [5.74, 6) is -1.79. The van der Waals surface area contributed by atoms with Gasteiger partial charge in [-0.15, -0.1) is 0 Å². The molecule has 7 nitrogen and oxygen atoms in total. The standard InChI is InChI=1S/C12H9N3O4S/c1-2-19-12(16)9(6-13)11-8-5-7(15(17)18)3-4-10(8)14-20-11/h3-5,9H,2H2,1H3. The molecule has 2 aromatic rings. The minimum absolute atomic E-state index is 0.112. The van der Waals surface area contributed by atoms with E-state index >= 15 is 0 Å². The fourth-order valence-corrected chi connectivity index (χ4v) is 2.59. The van der Waals surface area contributed by atoms with E-state index in [2.05, 4.69) is 4.37 Å². The summed E-state index contributed by atoms with van der Waals surface area (Å²) in [6.07, 6.45) is 0. The maximum absolute atomic E-state index is 11.7. The maximum atomic E-state index is 11.7. The molecule has 0 amide bonds. The number of nitrogens with zero attached hydrogens (tertiary/aromatic N) is 3. The Bertz CT molecular complexity index is 719. The Hall–Kier alpha value is -2.53. The molecule has 8 heteroatoms. The molecule has 0 N–H and O–H groups in total. The molecule has 0 aliphatic carbocycles. The molecule has 102 valence electrons. The zero-order valence-corrected chi connectivity index (χ0v) is 11.2. The number of carbonyl (C=O) groups is 1. The molecule has 20 heavy (non-hydrogen) atoms. The average molecular weight is 291 g/mol. The number of nitro groups is 1. The number of nitro benzene ring substituents is 1. The summed E-state index contributed by atoms with van der Waals surface area (Å²) in [7, 11) is 0. The van der Waals surface area contributed by atoms with E-state index in [1.54, 1.807) is 6.92 Å². The van der Waals surface area contributed by atoms with Gasteiger partial charge in [0.25, 0.3) is 5.69 Å². The molecule has 0 spiro atoms.